The Balaban J connectivity index is 3.31. The van der Waals surface area contributed by atoms with E-state index in [1.165, 1.54) is 379 Å². The van der Waals surface area contributed by atoms with Gasteiger partial charge in [-0.05, 0) is 32.1 Å². The summed E-state index contributed by atoms with van der Waals surface area (Å²) in [6.07, 6.45) is 91.8. The number of ether oxygens (including phenoxy) is 1. The second-order valence-corrected chi connectivity index (χ2v) is 26.7. The number of amides is 1. The fourth-order valence-electron chi connectivity index (χ4n) is 12.5. The number of rotatable bonds is 73. The summed E-state index contributed by atoms with van der Waals surface area (Å²) in [5.41, 5.74) is 0. The number of hydrogen-bond acceptors (Lipinski definition) is 5. The topological polar surface area (TPSA) is 95.9 Å². The minimum absolute atomic E-state index is 0.0264. The Kier molecular flexibility index (Phi) is 71.8. The van der Waals surface area contributed by atoms with Gasteiger partial charge in [0.1, 0.15) is 0 Å². The lowest BCUT2D eigenvalue weighted by molar-refractivity contribution is -0.143. The highest BCUT2D eigenvalue weighted by Gasteiger charge is 2.18. The molecule has 0 aromatic rings. The molecule has 0 aliphatic rings. The Bertz CT molecular complexity index is 1260. The van der Waals surface area contributed by atoms with Crippen molar-refractivity contribution in [3.8, 4) is 0 Å². The Morgan fingerprint density at radius 3 is 0.819 bits per heavy atom. The molecule has 2 atom stereocenters. The van der Waals surface area contributed by atoms with E-state index in [9.17, 15) is 19.8 Å². The third-order valence-electron chi connectivity index (χ3n) is 18.3. The van der Waals surface area contributed by atoms with Gasteiger partial charge in [0.15, 0.2) is 0 Å². The number of carbonyl (C=O) groups is 2. The summed E-state index contributed by atoms with van der Waals surface area (Å²) in [4.78, 5) is 24.6. The number of carbonyl (C=O) groups excluding carboxylic acids is 2. The molecule has 0 aliphatic heterocycles. The molecule has 494 valence electrons. The average Bonchev–Trinajstić information content (AvgIpc) is 3.49. The first-order chi connectivity index (χ1) is 41.0. The number of aliphatic hydroxyl groups excluding tert-OH is 2. The third kappa shape index (κ3) is 69.6. The van der Waals surface area contributed by atoms with Gasteiger partial charge in [0, 0.05) is 12.8 Å². The van der Waals surface area contributed by atoms with Crippen molar-refractivity contribution < 1.29 is 24.5 Å². The standard InChI is InChI=1S/C77H151NO5/c1-3-5-7-9-11-13-15-17-19-21-35-39-43-47-51-55-59-63-67-71-77(82)83-72-68-64-60-56-52-48-44-40-37-34-32-30-28-26-24-22-23-25-27-29-31-33-36-38-42-46-50-54-58-62-66-70-76(81)78-74(73-79)75(80)69-65-61-57-53-49-45-41-20-18-16-14-12-10-8-6-4-2/h65,69,74-75,79-80H,3-64,66-68,70-73H2,1-2H3,(H,78,81)/b69-65+. The molecule has 6 nitrogen and oxygen atoms in total. The summed E-state index contributed by atoms with van der Waals surface area (Å²) in [7, 11) is 0. The minimum atomic E-state index is -0.841. The van der Waals surface area contributed by atoms with Gasteiger partial charge >= 0.3 is 5.97 Å². The van der Waals surface area contributed by atoms with Crippen LogP contribution in [0.3, 0.4) is 0 Å². The van der Waals surface area contributed by atoms with E-state index in [1.54, 1.807) is 6.08 Å². The lowest BCUT2D eigenvalue weighted by Gasteiger charge is -2.20. The molecule has 6 heteroatoms. The first kappa shape index (κ1) is 81.6. The van der Waals surface area contributed by atoms with Gasteiger partial charge < -0.3 is 20.3 Å². The van der Waals surface area contributed by atoms with Crippen LogP contribution in [0.5, 0.6) is 0 Å². The van der Waals surface area contributed by atoms with E-state index in [1.807, 2.05) is 6.08 Å². The molecule has 83 heavy (non-hydrogen) atoms. The number of aliphatic hydroxyl groups is 2. The van der Waals surface area contributed by atoms with Crippen molar-refractivity contribution >= 4 is 11.9 Å². The monoisotopic (exact) mass is 1170 g/mol. The molecule has 0 radical (unpaired) electrons. The van der Waals surface area contributed by atoms with Crippen LogP contribution >= 0.6 is 0 Å². The van der Waals surface area contributed by atoms with Crippen LogP contribution in [0, 0.1) is 0 Å². The summed E-state index contributed by atoms with van der Waals surface area (Å²) >= 11 is 0. The summed E-state index contributed by atoms with van der Waals surface area (Å²) in [6.45, 7) is 4.96. The highest BCUT2D eigenvalue weighted by Crippen LogP contribution is 2.20. The molecular formula is C77H151NO5. The second kappa shape index (κ2) is 73.1. The van der Waals surface area contributed by atoms with E-state index in [2.05, 4.69) is 19.2 Å². The molecule has 0 rings (SSSR count). The molecule has 0 bridgehead atoms. The third-order valence-corrected chi connectivity index (χ3v) is 18.3. The molecule has 0 heterocycles. The number of allylic oxidation sites excluding steroid dienone is 1. The van der Waals surface area contributed by atoms with Crippen LogP contribution in [-0.2, 0) is 14.3 Å². The summed E-state index contributed by atoms with van der Waals surface area (Å²) < 4.78 is 5.52. The minimum Gasteiger partial charge on any atom is -0.466 e. The quantitative estimate of drug-likeness (QED) is 0.0320. The molecule has 0 aromatic heterocycles. The van der Waals surface area contributed by atoms with Gasteiger partial charge in [0.2, 0.25) is 5.91 Å². The molecule has 0 fully saturated rings. The van der Waals surface area contributed by atoms with E-state index in [0.717, 1.165) is 38.5 Å². The van der Waals surface area contributed by atoms with Crippen LogP contribution < -0.4 is 5.32 Å². The number of nitrogens with one attached hydrogen (secondary N) is 1. The SMILES string of the molecule is CCCCCCCCCCCCCCCC/C=C/C(O)C(CO)NC(=O)CCCCCCCCCCCCCCCCCCCCCCCCCCCCCCCCCOC(=O)CCCCCCCCCCCCCCCCCCCCC. The predicted molar refractivity (Wildman–Crippen MR) is 366 cm³/mol. The van der Waals surface area contributed by atoms with Gasteiger partial charge in [-0.3, -0.25) is 9.59 Å². The van der Waals surface area contributed by atoms with Gasteiger partial charge in [-0.1, -0.05) is 411 Å². The Hall–Kier alpha value is -1.40. The van der Waals surface area contributed by atoms with Gasteiger partial charge in [-0.15, -0.1) is 0 Å². The van der Waals surface area contributed by atoms with Gasteiger partial charge in [-0.25, -0.2) is 0 Å². The predicted octanol–water partition coefficient (Wildman–Crippen LogP) is 25.1. The zero-order chi connectivity index (χ0) is 59.9. The van der Waals surface area contributed by atoms with E-state index < -0.39 is 12.1 Å². The molecule has 3 N–H and O–H groups in total. The van der Waals surface area contributed by atoms with Gasteiger partial charge in [0.25, 0.3) is 0 Å². The zero-order valence-corrected chi connectivity index (χ0v) is 56.7. The van der Waals surface area contributed by atoms with Gasteiger partial charge in [0.05, 0.1) is 25.4 Å². The van der Waals surface area contributed by atoms with Crippen LogP contribution in [0.25, 0.3) is 0 Å². The fourth-order valence-corrected chi connectivity index (χ4v) is 12.5. The number of unbranched alkanes of at least 4 members (excludes halogenated alkanes) is 62. The molecule has 0 aliphatic carbocycles. The molecule has 0 aromatic carbocycles. The maximum absolute atomic E-state index is 12.5. The first-order valence-corrected chi connectivity index (χ1v) is 38.5. The van der Waals surface area contributed by atoms with Crippen molar-refractivity contribution in [1.82, 2.24) is 5.32 Å². The maximum Gasteiger partial charge on any atom is 0.305 e. The van der Waals surface area contributed by atoms with Crippen LogP contribution in [0.4, 0.5) is 0 Å². The summed E-state index contributed by atoms with van der Waals surface area (Å²) in [5.74, 6) is -0.0337. The maximum atomic E-state index is 12.5. The van der Waals surface area contributed by atoms with Crippen molar-refractivity contribution in [1.29, 1.82) is 0 Å². The van der Waals surface area contributed by atoms with E-state index in [-0.39, 0.29) is 18.5 Å². The highest BCUT2D eigenvalue weighted by molar-refractivity contribution is 5.76. The summed E-state index contributed by atoms with van der Waals surface area (Å²) in [5, 5.41) is 23.2. The number of esters is 1. The van der Waals surface area contributed by atoms with Crippen molar-refractivity contribution in [2.75, 3.05) is 13.2 Å². The average molecular weight is 1170 g/mol. The van der Waals surface area contributed by atoms with Crippen LogP contribution in [0.15, 0.2) is 12.2 Å². The second-order valence-electron chi connectivity index (χ2n) is 26.7. The number of hydrogen-bond donors (Lipinski definition) is 3. The van der Waals surface area contributed by atoms with Crippen molar-refractivity contribution in [3.05, 3.63) is 12.2 Å². The van der Waals surface area contributed by atoms with Crippen molar-refractivity contribution in [2.24, 2.45) is 0 Å². The summed E-state index contributed by atoms with van der Waals surface area (Å²) in [6, 6.07) is -0.624. The van der Waals surface area contributed by atoms with Crippen LogP contribution in [0.1, 0.15) is 444 Å². The van der Waals surface area contributed by atoms with Crippen LogP contribution in [-0.4, -0.2) is 47.4 Å². The lowest BCUT2D eigenvalue weighted by atomic mass is 10.0. The molecule has 2 unspecified atom stereocenters. The van der Waals surface area contributed by atoms with Gasteiger partial charge in [-0.2, -0.15) is 0 Å². The molecule has 1 amide bonds. The van der Waals surface area contributed by atoms with E-state index in [0.29, 0.717) is 19.4 Å². The van der Waals surface area contributed by atoms with E-state index in [4.69, 9.17) is 4.74 Å². The first-order valence-electron chi connectivity index (χ1n) is 38.5. The highest BCUT2D eigenvalue weighted by atomic mass is 16.5. The fraction of sp³-hybridized carbons (Fsp3) is 0.948. The molecule has 0 spiro atoms. The van der Waals surface area contributed by atoms with Crippen LogP contribution in [0.2, 0.25) is 0 Å². The van der Waals surface area contributed by atoms with Crippen molar-refractivity contribution in [2.45, 2.75) is 456 Å². The van der Waals surface area contributed by atoms with Crippen molar-refractivity contribution in [3.63, 3.8) is 0 Å². The Morgan fingerprint density at radius 2 is 0.554 bits per heavy atom. The Labute approximate surface area is 520 Å². The zero-order valence-electron chi connectivity index (χ0n) is 56.7. The largest absolute Gasteiger partial charge is 0.466 e. The normalized spacial score (nSPS) is 12.5. The Morgan fingerprint density at radius 1 is 0.325 bits per heavy atom. The molecule has 0 saturated carbocycles. The smallest absolute Gasteiger partial charge is 0.305 e. The molecule has 0 saturated heterocycles. The molecular weight excluding hydrogens is 1020 g/mol. The van der Waals surface area contributed by atoms with E-state index >= 15 is 0 Å². The lowest BCUT2D eigenvalue weighted by Crippen LogP contribution is -2.45.